The summed E-state index contributed by atoms with van der Waals surface area (Å²) in [7, 11) is 1.54. The molecule has 2 heterocycles. The van der Waals surface area contributed by atoms with Crippen molar-refractivity contribution in [2.24, 2.45) is 4.99 Å². The smallest absolute Gasteiger partial charge is 0.444 e. The highest BCUT2D eigenvalue weighted by molar-refractivity contribution is 7.07. The first-order valence-electron chi connectivity index (χ1n) is 12.8. The Kier molecular flexibility index (Phi) is 10.7. The van der Waals surface area contributed by atoms with Crippen LogP contribution < -0.4 is 9.54 Å². The predicted molar refractivity (Wildman–Crippen MR) is 148 cm³/mol. The van der Waals surface area contributed by atoms with Crippen LogP contribution in [0.3, 0.4) is 0 Å². The number of benzene rings is 1. The highest BCUT2D eigenvalue weighted by Crippen LogP contribution is 2.27. The van der Waals surface area contributed by atoms with E-state index in [0.717, 1.165) is 5.69 Å². The third kappa shape index (κ3) is 10.0. The fraction of sp³-hybridized carbons (Fsp3) is 0.429. The molecule has 0 saturated heterocycles. The molecule has 2 aromatic heterocycles. The average molecular weight is 595 g/mol. The van der Waals surface area contributed by atoms with Crippen LogP contribution in [0.1, 0.15) is 43.2 Å². The quantitative estimate of drug-likeness (QED) is 0.293. The molecule has 3 rings (SSSR count). The largest absolute Gasteiger partial charge is 0.573 e. The van der Waals surface area contributed by atoms with Crippen LogP contribution in [0.15, 0.2) is 53.0 Å². The van der Waals surface area contributed by atoms with Crippen molar-refractivity contribution in [1.82, 2.24) is 14.5 Å². The van der Waals surface area contributed by atoms with E-state index in [1.54, 1.807) is 54.9 Å². The zero-order chi connectivity index (χ0) is 30.2. The number of hydrogen-bond donors (Lipinski definition) is 0. The highest BCUT2D eigenvalue weighted by atomic mass is 32.1. The molecule has 3 aromatic rings. The van der Waals surface area contributed by atoms with Gasteiger partial charge in [0.1, 0.15) is 11.4 Å². The molecule has 0 aliphatic carbocycles. The lowest BCUT2D eigenvalue weighted by molar-refractivity contribution is -0.274. The highest BCUT2D eigenvalue weighted by Gasteiger charge is 2.31. The Morgan fingerprint density at radius 3 is 2.37 bits per heavy atom. The van der Waals surface area contributed by atoms with Crippen LogP contribution in [0.4, 0.5) is 18.0 Å². The molecule has 0 saturated carbocycles. The molecular formula is C28H33F3N4O5S. The van der Waals surface area contributed by atoms with Gasteiger partial charge in [0.05, 0.1) is 17.9 Å². The molecule has 13 heteroatoms. The Hall–Kier alpha value is -3.71. The zero-order valence-corrected chi connectivity index (χ0v) is 24.3. The number of amides is 2. The van der Waals surface area contributed by atoms with E-state index in [0.29, 0.717) is 54.3 Å². The van der Waals surface area contributed by atoms with Gasteiger partial charge in [-0.1, -0.05) is 0 Å². The van der Waals surface area contributed by atoms with E-state index < -0.39 is 24.0 Å². The summed E-state index contributed by atoms with van der Waals surface area (Å²) in [5.74, 6) is -0.829. The third-order valence-electron chi connectivity index (χ3n) is 5.56. The molecule has 0 fully saturated rings. The SMILES string of the molecule is COCCN(CCCn1c(-c2ccc(OC(F)(F)F)cc2)csc1=NC(=O)c1ccc(C)nc1)C(=O)OC(C)(C)C. The number of thiazole rings is 1. The summed E-state index contributed by atoms with van der Waals surface area (Å²) in [5, 5.41) is 1.77. The van der Waals surface area contributed by atoms with E-state index in [-0.39, 0.29) is 5.75 Å². The standard InChI is InChI=1S/C28H33F3N4O5S/c1-19-7-8-21(17-32-19)24(36)33-25-35(14-6-13-34(15-16-38-5)26(37)40-27(2,3)4)23(18-41-25)20-9-11-22(12-10-20)39-28(29,30)31/h7-12,17-18H,6,13-16H2,1-5H3. The van der Waals surface area contributed by atoms with Crippen LogP contribution in [0.5, 0.6) is 5.75 Å². The van der Waals surface area contributed by atoms with Gasteiger partial charge in [-0.05, 0) is 76.1 Å². The van der Waals surface area contributed by atoms with Crippen LogP contribution in [0, 0.1) is 6.92 Å². The molecule has 0 atom stereocenters. The van der Waals surface area contributed by atoms with Gasteiger partial charge in [0.2, 0.25) is 0 Å². The Balaban J connectivity index is 1.91. The fourth-order valence-corrected chi connectivity index (χ4v) is 4.61. The number of ether oxygens (including phenoxy) is 3. The van der Waals surface area contributed by atoms with Gasteiger partial charge in [-0.25, -0.2) is 4.79 Å². The molecule has 41 heavy (non-hydrogen) atoms. The number of carbonyl (C=O) groups is 2. The average Bonchev–Trinajstić information content (AvgIpc) is 3.26. The number of carbonyl (C=O) groups excluding carboxylic acids is 2. The molecule has 0 bridgehead atoms. The first-order valence-corrected chi connectivity index (χ1v) is 13.7. The summed E-state index contributed by atoms with van der Waals surface area (Å²) in [6, 6.07) is 8.80. The molecule has 0 N–H and O–H groups in total. The third-order valence-corrected chi connectivity index (χ3v) is 6.43. The van der Waals surface area contributed by atoms with Gasteiger partial charge >= 0.3 is 12.5 Å². The number of pyridine rings is 1. The van der Waals surface area contributed by atoms with E-state index in [9.17, 15) is 22.8 Å². The number of aromatic nitrogens is 2. The van der Waals surface area contributed by atoms with Crippen molar-refractivity contribution in [1.29, 1.82) is 0 Å². The van der Waals surface area contributed by atoms with Crippen LogP contribution in [0.2, 0.25) is 0 Å². The topological polar surface area (TPSA) is 95.2 Å². The van der Waals surface area contributed by atoms with E-state index in [1.807, 2.05) is 6.92 Å². The lowest BCUT2D eigenvalue weighted by atomic mass is 10.1. The van der Waals surface area contributed by atoms with Gasteiger partial charge in [0.15, 0.2) is 4.80 Å². The van der Waals surface area contributed by atoms with Gasteiger partial charge in [-0.15, -0.1) is 24.5 Å². The molecule has 0 unspecified atom stereocenters. The van der Waals surface area contributed by atoms with Crippen LogP contribution >= 0.6 is 11.3 Å². The molecule has 9 nitrogen and oxygen atoms in total. The van der Waals surface area contributed by atoms with E-state index >= 15 is 0 Å². The number of hydrogen-bond acceptors (Lipinski definition) is 7. The number of alkyl halides is 3. The molecule has 0 aliphatic heterocycles. The maximum Gasteiger partial charge on any atom is 0.573 e. The fourth-order valence-electron chi connectivity index (χ4n) is 3.68. The summed E-state index contributed by atoms with van der Waals surface area (Å²) in [6.07, 6.45) is -3.36. The van der Waals surface area contributed by atoms with E-state index in [1.165, 1.54) is 41.8 Å². The number of aryl methyl sites for hydroxylation is 1. The van der Waals surface area contributed by atoms with Crippen LogP contribution in [-0.4, -0.2) is 65.2 Å². The van der Waals surface area contributed by atoms with Gasteiger partial charge in [0.25, 0.3) is 5.91 Å². The Bertz CT molecular complexity index is 1380. The van der Waals surface area contributed by atoms with Crippen molar-refractivity contribution in [3.8, 4) is 17.0 Å². The summed E-state index contributed by atoms with van der Waals surface area (Å²) >= 11 is 1.22. The Labute approximate surface area is 240 Å². The van der Waals surface area contributed by atoms with E-state index in [4.69, 9.17) is 9.47 Å². The minimum absolute atomic E-state index is 0.321. The van der Waals surface area contributed by atoms with Crippen molar-refractivity contribution in [3.63, 3.8) is 0 Å². The number of nitrogens with zero attached hydrogens (tertiary/aromatic N) is 4. The molecular weight excluding hydrogens is 561 g/mol. The van der Waals surface area contributed by atoms with E-state index in [2.05, 4.69) is 14.7 Å². The Morgan fingerprint density at radius 1 is 1.07 bits per heavy atom. The predicted octanol–water partition coefficient (Wildman–Crippen LogP) is 5.83. The second-order valence-electron chi connectivity index (χ2n) is 10.0. The second-order valence-corrected chi connectivity index (χ2v) is 10.9. The number of halogens is 3. The summed E-state index contributed by atoms with van der Waals surface area (Å²) < 4.78 is 54.3. The minimum atomic E-state index is -4.80. The minimum Gasteiger partial charge on any atom is -0.444 e. The maximum absolute atomic E-state index is 12.9. The molecule has 0 radical (unpaired) electrons. The van der Waals surface area contributed by atoms with Crippen molar-refractivity contribution < 1.29 is 37.0 Å². The molecule has 0 aliphatic rings. The van der Waals surface area contributed by atoms with Crippen LogP contribution in [-0.2, 0) is 16.0 Å². The zero-order valence-electron chi connectivity index (χ0n) is 23.5. The summed E-state index contributed by atoms with van der Waals surface area (Å²) in [6.45, 7) is 8.48. The van der Waals surface area contributed by atoms with Crippen molar-refractivity contribution in [2.45, 2.75) is 52.6 Å². The number of rotatable bonds is 10. The molecule has 2 amide bonds. The van der Waals surface area contributed by atoms with Gasteiger partial charge < -0.3 is 23.7 Å². The van der Waals surface area contributed by atoms with Gasteiger partial charge in [-0.3, -0.25) is 9.78 Å². The maximum atomic E-state index is 12.9. The first-order chi connectivity index (χ1) is 19.3. The monoisotopic (exact) mass is 594 g/mol. The molecule has 0 spiro atoms. The molecule has 1 aromatic carbocycles. The number of methoxy groups -OCH3 is 1. The summed E-state index contributed by atoms with van der Waals surface area (Å²) in [4.78, 5) is 36.0. The first kappa shape index (κ1) is 31.8. The van der Waals surface area contributed by atoms with Gasteiger partial charge in [-0.2, -0.15) is 4.99 Å². The van der Waals surface area contributed by atoms with Crippen molar-refractivity contribution >= 4 is 23.3 Å². The second kappa shape index (κ2) is 13.8. The van der Waals surface area contributed by atoms with Crippen LogP contribution in [0.25, 0.3) is 11.3 Å². The summed E-state index contributed by atoms with van der Waals surface area (Å²) in [5.41, 5.74) is 1.65. The lowest BCUT2D eigenvalue weighted by Gasteiger charge is -2.27. The Morgan fingerprint density at radius 2 is 1.78 bits per heavy atom. The van der Waals surface area contributed by atoms with Gasteiger partial charge in [0, 0.05) is 44.0 Å². The van der Waals surface area contributed by atoms with Crippen molar-refractivity contribution in [2.75, 3.05) is 26.8 Å². The lowest BCUT2D eigenvalue weighted by Crippen LogP contribution is -2.39. The normalized spacial score (nSPS) is 12.3. The molecule has 222 valence electrons. The van der Waals surface area contributed by atoms with Crippen molar-refractivity contribution in [3.05, 3.63) is 64.0 Å².